The first-order chi connectivity index (χ1) is 8.13. The Balaban J connectivity index is 2.35. The summed E-state index contributed by atoms with van der Waals surface area (Å²) >= 11 is 1.58. The van der Waals surface area contributed by atoms with Crippen LogP contribution in [-0.4, -0.2) is 31.6 Å². The van der Waals surface area contributed by atoms with Crippen molar-refractivity contribution in [3.05, 3.63) is 17.6 Å². The van der Waals surface area contributed by atoms with Gasteiger partial charge in [0.1, 0.15) is 11.4 Å². The van der Waals surface area contributed by atoms with E-state index < -0.39 is 0 Å². The molecule has 0 aliphatic rings. The molecular formula is C10H16N6S. The number of rotatable bonds is 4. The fraction of sp³-hybridized carbons (Fsp3) is 0.500. The van der Waals surface area contributed by atoms with E-state index >= 15 is 0 Å². The molecule has 2 aromatic heterocycles. The molecule has 92 valence electrons. The van der Waals surface area contributed by atoms with Crippen LogP contribution in [0.3, 0.4) is 0 Å². The molecule has 0 radical (unpaired) electrons. The van der Waals surface area contributed by atoms with Crippen molar-refractivity contribution >= 4 is 11.8 Å². The Hall–Kier alpha value is -1.34. The van der Waals surface area contributed by atoms with Gasteiger partial charge in [0.25, 0.3) is 0 Å². The van der Waals surface area contributed by atoms with Crippen molar-refractivity contribution < 1.29 is 0 Å². The second kappa shape index (κ2) is 4.89. The van der Waals surface area contributed by atoms with E-state index in [0.29, 0.717) is 0 Å². The Bertz CT molecular complexity index is 515. The second-order valence-corrected chi connectivity index (χ2v) is 4.75. The van der Waals surface area contributed by atoms with Gasteiger partial charge >= 0.3 is 0 Å². The molecule has 0 unspecified atom stereocenters. The van der Waals surface area contributed by atoms with Crippen molar-refractivity contribution in [2.75, 3.05) is 7.05 Å². The highest BCUT2D eigenvalue weighted by atomic mass is 32.2. The summed E-state index contributed by atoms with van der Waals surface area (Å²) in [6.07, 6.45) is 1.56. The molecule has 2 rings (SSSR count). The van der Waals surface area contributed by atoms with Gasteiger partial charge in [-0.3, -0.25) is 4.68 Å². The van der Waals surface area contributed by atoms with E-state index in [1.807, 2.05) is 32.7 Å². The zero-order chi connectivity index (χ0) is 12.4. The smallest absolute Gasteiger partial charge is 0.192 e. The molecule has 2 aromatic rings. The Morgan fingerprint density at radius 2 is 2.12 bits per heavy atom. The van der Waals surface area contributed by atoms with Gasteiger partial charge < -0.3 is 5.32 Å². The number of nitrogens with one attached hydrogen (secondary N) is 1. The van der Waals surface area contributed by atoms with Crippen LogP contribution in [-0.2, 0) is 20.6 Å². The SMILES string of the molecule is CNCc1c(C)nn(C)c1Sc1ncnn1C. The van der Waals surface area contributed by atoms with Crippen LogP contribution in [0.1, 0.15) is 11.3 Å². The van der Waals surface area contributed by atoms with E-state index in [-0.39, 0.29) is 0 Å². The lowest BCUT2D eigenvalue weighted by Crippen LogP contribution is -2.07. The van der Waals surface area contributed by atoms with Gasteiger partial charge in [-0.2, -0.15) is 10.2 Å². The third-order valence-corrected chi connectivity index (χ3v) is 3.76. The van der Waals surface area contributed by atoms with Crippen LogP contribution in [0.4, 0.5) is 0 Å². The average Bonchev–Trinajstić information content (AvgIpc) is 2.78. The zero-order valence-electron chi connectivity index (χ0n) is 10.4. The van der Waals surface area contributed by atoms with Gasteiger partial charge in [0.2, 0.25) is 0 Å². The number of hydrogen-bond acceptors (Lipinski definition) is 5. The first kappa shape index (κ1) is 12.1. The van der Waals surface area contributed by atoms with Crippen molar-refractivity contribution in [2.24, 2.45) is 14.1 Å². The van der Waals surface area contributed by atoms with Gasteiger partial charge in [-0.1, -0.05) is 0 Å². The van der Waals surface area contributed by atoms with Gasteiger partial charge in [0.05, 0.1) is 5.69 Å². The minimum absolute atomic E-state index is 0.805. The summed E-state index contributed by atoms with van der Waals surface area (Å²) in [7, 11) is 5.77. The molecule has 0 amide bonds. The molecule has 0 atom stereocenters. The van der Waals surface area contributed by atoms with Crippen molar-refractivity contribution in [1.82, 2.24) is 29.9 Å². The Morgan fingerprint density at radius 1 is 1.35 bits per heavy atom. The van der Waals surface area contributed by atoms with E-state index in [1.54, 1.807) is 22.8 Å². The molecule has 0 saturated carbocycles. The van der Waals surface area contributed by atoms with E-state index in [1.165, 1.54) is 5.56 Å². The van der Waals surface area contributed by atoms with Crippen LogP contribution in [0.5, 0.6) is 0 Å². The summed E-state index contributed by atoms with van der Waals surface area (Å²) in [6, 6.07) is 0. The average molecular weight is 252 g/mol. The molecule has 0 fully saturated rings. The largest absolute Gasteiger partial charge is 0.316 e. The number of aromatic nitrogens is 5. The molecule has 0 saturated heterocycles. The first-order valence-electron chi connectivity index (χ1n) is 5.32. The van der Waals surface area contributed by atoms with Crippen molar-refractivity contribution in [1.29, 1.82) is 0 Å². The standard InChI is InChI=1S/C10H16N6S/c1-7-8(5-11-2)9(15(3)14-7)17-10-12-6-13-16(10)4/h6,11H,5H2,1-4H3. The van der Waals surface area contributed by atoms with Gasteiger partial charge in [-0.25, -0.2) is 9.67 Å². The van der Waals surface area contributed by atoms with E-state index in [9.17, 15) is 0 Å². The molecule has 0 aliphatic carbocycles. The van der Waals surface area contributed by atoms with E-state index in [0.717, 1.165) is 22.4 Å². The van der Waals surface area contributed by atoms with Gasteiger partial charge in [0, 0.05) is 26.2 Å². The molecule has 0 aliphatic heterocycles. The minimum atomic E-state index is 0.805. The summed E-state index contributed by atoms with van der Waals surface area (Å²) in [5.41, 5.74) is 2.26. The van der Waals surface area contributed by atoms with E-state index in [2.05, 4.69) is 20.5 Å². The van der Waals surface area contributed by atoms with E-state index in [4.69, 9.17) is 0 Å². The quantitative estimate of drug-likeness (QED) is 0.869. The number of aryl methyl sites for hydroxylation is 3. The fourth-order valence-corrected chi connectivity index (χ4v) is 2.62. The fourth-order valence-electron chi connectivity index (χ4n) is 1.65. The Kier molecular flexibility index (Phi) is 3.49. The zero-order valence-corrected chi connectivity index (χ0v) is 11.2. The van der Waals surface area contributed by atoms with Crippen molar-refractivity contribution in [2.45, 2.75) is 23.7 Å². The molecule has 1 N–H and O–H groups in total. The predicted octanol–water partition coefficient (Wildman–Crippen LogP) is 0.728. The van der Waals surface area contributed by atoms with Crippen LogP contribution >= 0.6 is 11.8 Å². The van der Waals surface area contributed by atoms with Gasteiger partial charge in [-0.05, 0) is 25.7 Å². The number of hydrogen-bond donors (Lipinski definition) is 1. The Labute approximate surface area is 104 Å². The maximum Gasteiger partial charge on any atom is 0.192 e. The third-order valence-electron chi connectivity index (χ3n) is 2.50. The maximum absolute atomic E-state index is 4.44. The molecule has 7 heteroatoms. The summed E-state index contributed by atoms with van der Waals surface area (Å²) in [5.74, 6) is 0. The molecular weight excluding hydrogens is 236 g/mol. The molecule has 17 heavy (non-hydrogen) atoms. The highest BCUT2D eigenvalue weighted by molar-refractivity contribution is 7.99. The van der Waals surface area contributed by atoms with Gasteiger partial charge in [0.15, 0.2) is 5.16 Å². The van der Waals surface area contributed by atoms with Crippen LogP contribution in [0.25, 0.3) is 0 Å². The maximum atomic E-state index is 4.44. The molecule has 0 spiro atoms. The summed E-state index contributed by atoms with van der Waals surface area (Å²) in [5, 5.41) is 13.6. The highest BCUT2D eigenvalue weighted by Crippen LogP contribution is 2.29. The lowest BCUT2D eigenvalue weighted by Gasteiger charge is -2.05. The normalized spacial score (nSPS) is 11.1. The van der Waals surface area contributed by atoms with Crippen LogP contribution < -0.4 is 5.32 Å². The summed E-state index contributed by atoms with van der Waals surface area (Å²) < 4.78 is 3.65. The first-order valence-corrected chi connectivity index (χ1v) is 6.14. The second-order valence-electron chi connectivity index (χ2n) is 3.79. The van der Waals surface area contributed by atoms with Crippen molar-refractivity contribution in [3.8, 4) is 0 Å². The highest BCUT2D eigenvalue weighted by Gasteiger charge is 2.15. The molecule has 0 bridgehead atoms. The monoisotopic (exact) mass is 252 g/mol. The number of nitrogens with zero attached hydrogens (tertiary/aromatic N) is 5. The summed E-state index contributed by atoms with van der Waals surface area (Å²) in [4.78, 5) is 4.22. The minimum Gasteiger partial charge on any atom is -0.316 e. The third kappa shape index (κ3) is 2.34. The molecule has 2 heterocycles. The van der Waals surface area contributed by atoms with Crippen molar-refractivity contribution in [3.63, 3.8) is 0 Å². The predicted molar refractivity (Wildman–Crippen MR) is 65.8 cm³/mol. The van der Waals surface area contributed by atoms with Crippen LogP contribution in [0.2, 0.25) is 0 Å². The molecule has 0 aromatic carbocycles. The summed E-state index contributed by atoms with van der Waals surface area (Å²) in [6.45, 7) is 2.83. The van der Waals surface area contributed by atoms with Crippen LogP contribution in [0, 0.1) is 6.92 Å². The lowest BCUT2D eigenvalue weighted by atomic mass is 10.3. The topological polar surface area (TPSA) is 60.6 Å². The van der Waals surface area contributed by atoms with Crippen LogP contribution in [0.15, 0.2) is 16.5 Å². The lowest BCUT2D eigenvalue weighted by molar-refractivity contribution is 0.665. The molecule has 6 nitrogen and oxygen atoms in total. The Morgan fingerprint density at radius 3 is 2.71 bits per heavy atom. The van der Waals surface area contributed by atoms with Gasteiger partial charge in [-0.15, -0.1) is 0 Å².